The molecule has 0 aromatic carbocycles. The Morgan fingerprint density at radius 2 is 1.91 bits per heavy atom. The van der Waals surface area contributed by atoms with Gasteiger partial charge in [-0.05, 0) is 26.2 Å². The zero-order valence-corrected chi connectivity index (χ0v) is 13.8. The van der Waals surface area contributed by atoms with E-state index in [1.54, 1.807) is 6.92 Å². The van der Waals surface area contributed by atoms with Gasteiger partial charge in [-0.3, -0.25) is 9.59 Å². The van der Waals surface area contributed by atoms with Crippen LogP contribution in [0, 0.1) is 0 Å². The van der Waals surface area contributed by atoms with Gasteiger partial charge in [0.25, 0.3) is 5.91 Å². The third kappa shape index (κ3) is 4.68. The van der Waals surface area contributed by atoms with Gasteiger partial charge in [0.1, 0.15) is 6.10 Å². The molecule has 2 saturated heterocycles. The first-order chi connectivity index (χ1) is 10.6. The molecule has 0 radical (unpaired) electrons. The van der Waals surface area contributed by atoms with Crippen molar-refractivity contribution in [2.45, 2.75) is 51.7 Å². The molecule has 2 aliphatic rings. The minimum absolute atomic E-state index is 0.0174. The maximum Gasteiger partial charge on any atom is 0.251 e. The van der Waals surface area contributed by atoms with Crippen molar-refractivity contribution in [3.8, 4) is 0 Å². The molecule has 0 spiro atoms. The Hall–Kier alpha value is -1.14. The zero-order chi connectivity index (χ0) is 15.9. The summed E-state index contributed by atoms with van der Waals surface area (Å²) in [5.41, 5.74) is 0. The molecule has 2 aliphatic heterocycles. The number of nitrogens with zero attached hydrogens (tertiary/aromatic N) is 2. The maximum absolute atomic E-state index is 12.5. The molecule has 126 valence electrons. The summed E-state index contributed by atoms with van der Waals surface area (Å²) >= 11 is 0. The zero-order valence-electron chi connectivity index (χ0n) is 13.8. The topological polar surface area (TPSA) is 59.1 Å². The number of carbonyl (C=O) groups is 2. The van der Waals surface area contributed by atoms with Crippen LogP contribution in [-0.4, -0.2) is 73.2 Å². The smallest absolute Gasteiger partial charge is 0.251 e. The van der Waals surface area contributed by atoms with E-state index in [4.69, 9.17) is 9.47 Å². The van der Waals surface area contributed by atoms with E-state index in [1.807, 2.05) is 16.7 Å². The summed E-state index contributed by atoms with van der Waals surface area (Å²) in [4.78, 5) is 27.9. The van der Waals surface area contributed by atoms with Crippen molar-refractivity contribution in [1.82, 2.24) is 9.80 Å². The third-order valence-electron chi connectivity index (χ3n) is 4.37. The van der Waals surface area contributed by atoms with Gasteiger partial charge < -0.3 is 19.3 Å². The molecule has 2 heterocycles. The fraction of sp³-hybridized carbons (Fsp3) is 0.875. The number of hydrogen-bond donors (Lipinski definition) is 0. The van der Waals surface area contributed by atoms with Crippen LogP contribution >= 0.6 is 0 Å². The van der Waals surface area contributed by atoms with Crippen LogP contribution in [0.2, 0.25) is 0 Å². The molecule has 2 amide bonds. The monoisotopic (exact) mass is 312 g/mol. The highest BCUT2D eigenvalue weighted by Crippen LogP contribution is 2.14. The molecule has 6 heteroatoms. The van der Waals surface area contributed by atoms with Crippen LogP contribution in [0.4, 0.5) is 0 Å². The second-order valence-electron chi connectivity index (χ2n) is 6.02. The van der Waals surface area contributed by atoms with Crippen LogP contribution in [0.15, 0.2) is 0 Å². The van der Waals surface area contributed by atoms with Gasteiger partial charge in [-0.15, -0.1) is 0 Å². The number of carbonyl (C=O) groups excluding carboxylic acids is 2. The molecule has 0 bridgehead atoms. The molecule has 2 fully saturated rings. The Bertz CT molecular complexity index is 382. The van der Waals surface area contributed by atoms with E-state index in [9.17, 15) is 9.59 Å². The molecule has 2 rings (SSSR count). The Balaban J connectivity index is 1.77. The quantitative estimate of drug-likeness (QED) is 0.761. The fourth-order valence-electron chi connectivity index (χ4n) is 2.97. The van der Waals surface area contributed by atoms with E-state index < -0.39 is 6.10 Å². The predicted octanol–water partition coefficient (Wildman–Crippen LogP) is 1.04. The predicted molar refractivity (Wildman–Crippen MR) is 82.5 cm³/mol. The van der Waals surface area contributed by atoms with Gasteiger partial charge in [0.2, 0.25) is 5.91 Å². The lowest BCUT2D eigenvalue weighted by atomic mass is 10.2. The van der Waals surface area contributed by atoms with Gasteiger partial charge >= 0.3 is 0 Å². The van der Waals surface area contributed by atoms with E-state index in [1.165, 1.54) is 0 Å². The highest BCUT2D eigenvalue weighted by Gasteiger charge is 2.26. The number of rotatable bonds is 5. The molecule has 2 atom stereocenters. The molecule has 2 unspecified atom stereocenters. The summed E-state index contributed by atoms with van der Waals surface area (Å²) in [5, 5.41) is 0. The summed E-state index contributed by atoms with van der Waals surface area (Å²) in [6.07, 6.45) is 3.13. The van der Waals surface area contributed by atoms with Gasteiger partial charge in [-0.1, -0.05) is 6.92 Å². The number of amides is 2. The lowest BCUT2D eigenvalue weighted by molar-refractivity contribution is -0.144. The first kappa shape index (κ1) is 17.2. The Labute approximate surface area is 132 Å². The third-order valence-corrected chi connectivity index (χ3v) is 4.37. The van der Waals surface area contributed by atoms with Crippen LogP contribution in [0.25, 0.3) is 0 Å². The molecule has 6 nitrogen and oxygen atoms in total. The minimum Gasteiger partial charge on any atom is -0.376 e. The molecule has 0 aromatic rings. The van der Waals surface area contributed by atoms with Crippen LogP contribution < -0.4 is 0 Å². The van der Waals surface area contributed by atoms with Gasteiger partial charge in [-0.25, -0.2) is 0 Å². The van der Waals surface area contributed by atoms with E-state index in [2.05, 4.69) is 0 Å². The lowest BCUT2D eigenvalue weighted by Crippen LogP contribution is -2.42. The molecule has 0 aromatic heterocycles. The highest BCUT2D eigenvalue weighted by molar-refractivity contribution is 5.81. The van der Waals surface area contributed by atoms with E-state index in [-0.39, 0.29) is 17.9 Å². The maximum atomic E-state index is 12.5. The lowest BCUT2D eigenvalue weighted by Gasteiger charge is -2.25. The summed E-state index contributed by atoms with van der Waals surface area (Å²) in [6, 6.07) is 0. The normalized spacial score (nSPS) is 24.2. The SMILES string of the molecule is CCC(=O)N1CCCN(C(=O)C(C)OCC2CCCO2)CC1. The van der Waals surface area contributed by atoms with Crippen LogP contribution in [0.1, 0.15) is 39.5 Å². The first-order valence-electron chi connectivity index (χ1n) is 8.41. The van der Waals surface area contributed by atoms with Gasteiger partial charge in [-0.2, -0.15) is 0 Å². The van der Waals surface area contributed by atoms with Gasteiger partial charge in [0, 0.05) is 39.2 Å². The van der Waals surface area contributed by atoms with Gasteiger partial charge in [0.15, 0.2) is 0 Å². The van der Waals surface area contributed by atoms with Crippen molar-refractivity contribution in [2.24, 2.45) is 0 Å². The van der Waals surface area contributed by atoms with E-state index >= 15 is 0 Å². The van der Waals surface area contributed by atoms with Crippen molar-refractivity contribution in [1.29, 1.82) is 0 Å². The minimum atomic E-state index is -0.447. The van der Waals surface area contributed by atoms with E-state index in [0.29, 0.717) is 32.7 Å². The first-order valence-corrected chi connectivity index (χ1v) is 8.41. The van der Waals surface area contributed by atoms with Crippen LogP contribution in [0.5, 0.6) is 0 Å². The summed E-state index contributed by atoms with van der Waals surface area (Å²) < 4.78 is 11.2. The fourth-order valence-corrected chi connectivity index (χ4v) is 2.97. The summed E-state index contributed by atoms with van der Waals surface area (Å²) in [6.45, 7) is 7.61. The van der Waals surface area contributed by atoms with E-state index in [0.717, 1.165) is 32.4 Å². The molecule has 0 N–H and O–H groups in total. The van der Waals surface area contributed by atoms with Crippen molar-refractivity contribution in [2.75, 3.05) is 39.4 Å². The second-order valence-corrected chi connectivity index (χ2v) is 6.02. The average Bonchev–Trinajstić information content (AvgIpc) is 2.93. The Morgan fingerprint density at radius 3 is 2.59 bits per heavy atom. The van der Waals surface area contributed by atoms with Crippen LogP contribution in [0.3, 0.4) is 0 Å². The number of hydrogen-bond acceptors (Lipinski definition) is 4. The van der Waals surface area contributed by atoms with Crippen LogP contribution in [-0.2, 0) is 19.1 Å². The molecule has 0 aliphatic carbocycles. The molecular formula is C16H28N2O4. The molecule has 0 saturated carbocycles. The van der Waals surface area contributed by atoms with Crippen molar-refractivity contribution < 1.29 is 19.1 Å². The Kier molecular flexibility index (Phi) is 6.64. The van der Waals surface area contributed by atoms with Gasteiger partial charge in [0.05, 0.1) is 12.7 Å². The largest absolute Gasteiger partial charge is 0.376 e. The van der Waals surface area contributed by atoms with Crippen molar-refractivity contribution in [3.05, 3.63) is 0 Å². The average molecular weight is 312 g/mol. The molecule has 22 heavy (non-hydrogen) atoms. The van der Waals surface area contributed by atoms with Crippen molar-refractivity contribution in [3.63, 3.8) is 0 Å². The van der Waals surface area contributed by atoms with Crippen molar-refractivity contribution >= 4 is 11.8 Å². The standard InChI is InChI=1S/C16H28N2O4/c1-3-15(19)17-7-5-8-18(10-9-17)16(20)13(2)22-12-14-6-4-11-21-14/h13-14H,3-12H2,1-2H3. The summed E-state index contributed by atoms with van der Waals surface area (Å²) in [7, 11) is 0. The highest BCUT2D eigenvalue weighted by atomic mass is 16.5. The number of ether oxygens (including phenoxy) is 2. The second kappa shape index (κ2) is 8.48. The molecular weight excluding hydrogens is 284 g/mol. The summed E-state index contributed by atoms with van der Waals surface area (Å²) in [5.74, 6) is 0.181. The Morgan fingerprint density at radius 1 is 1.18 bits per heavy atom.